The van der Waals surface area contributed by atoms with Gasteiger partial charge in [0.1, 0.15) is 5.75 Å². The number of carbonyl (C=O) groups excluding carboxylic acids is 1. The number of nitrogens with zero attached hydrogens (tertiary/aromatic N) is 2. The van der Waals surface area contributed by atoms with Crippen LogP contribution in [0.5, 0.6) is 11.5 Å². The van der Waals surface area contributed by atoms with Gasteiger partial charge in [0.15, 0.2) is 26.1 Å². The van der Waals surface area contributed by atoms with Crippen LogP contribution in [-0.2, 0) is 27.4 Å². The molecule has 0 saturated heterocycles. The quantitative estimate of drug-likeness (QED) is 0.664. The number of hydrogen-bond acceptors (Lipinski definition) is 6. The number of benzene rings is 2. The van der Waals surface area contributed by atoms with E-state index in [9.17, 15) is 13.2 Å². The van der Waals surface area contributed by atoms with E-state index in [1.807, 2.05) is 18.2 Å². The zero-order valence-electron chi connectivity index (χ0n) is 14.4. The second-order valence-electron chi connectivity index (χ2n) is 6.14. The molecule has 1 aromatic heterocycles. The number of sulfone groups is 1. The van der Waals surface area contributed by atoms with Crippen LogP contribution >= 0.6 is 11.3 Å². The van der Waals surface area contributed by atoms with Gasteiger partial charge >= 0.3 is 0 Å². The Bertz CT molecular complexity index is 1190. The summed E-state index contributed by atoms with van der Waals surface area (Å²) in [6.45, 7) is 0.186. The molecule has 2 aromatic carbocycles. The highest BCUT2D eigenvalue weighted by atomic mass is 32.2. The first-order chi connectivity index (χ1) is 12.9. The monoisotopic (exact) mass is 404 g/mol. The van der Waals surface area contributed by atoms with Crippen LogP contribution in [0.25, 0.3) is 10.2 Å². The average molecular weight is 404 g/mol. The number of fused-ring (bicyclic) bond motifs is 2. The zero-order chi connectivity index (χ0) is 19.0. The van der Waals surface area contributed by atoms with Gasteiger partial charge in [-0.15, -0.1) is 0 Å². The highest BCUT2D eigenvalue weighted by molar-refractivity contribution is 7.91. The van der Waals surface area contributed by atoms with Gasteiger partial charge in [-0.1, -0.05) is 41.7 Å². The van der Waals surface area contributed by atoms with Crippen molar-refractivity contribution in [3.8, 4) is 11.5 Å². The lowest BCUT2D eigenvalue weighted by atomic mass is 10.2. The fourth-order valence-electron chi connectivity index (χ4n) is 2.83. The van der Waals surface area contributed by atoms with E-state index < -0.39 is 21.5 Å². The first kappa shape index (κ1) is 17.7. The second kappa shape index (κ2) is 6.82. The van der Waals surface area contributed by atoms with Crippen LogP contribution in [-0.4, -0.2) is 31.4 Å². The summed E-state index contributed by atoms with van der Waals surface area (Å²) in [6.07, 6.45) is 0. The third-order valence-electron chi connectivity index (χ3n) is 4.10. The molecule has 3 aromatic rings. The van der Waals surface area contributed by atoms with Gasteiger partial charge in [-0.2, -0.15) is 4.99 Å². The molecule has 1 amide bonds. The summed E-state index contributed by atoms with van der Waals surface area (Å²) >= 11 is 1.29. The van der Waals surface area contributed by atoms with Crippen molar-refractivity contribution >= 4 is 37.3 Å². The summed E-state index contributed by atoms with van der Waals surface area (Å²) in [6, 6.07) is 12.4. The molecule has 0 radical (unpaired) electrons. The minimum absolute atomic E-state index is 0.185. The fourth-order valence-corrected chi connectivity index (χ4v) is 5.12. The summed E-state index contributed by atoms with van der Waals surface area (Å²) in [7, 11) is -1.82. The van der Waals surface area contributed by atoms with Crippen molar-refractivity contribution in [1.82, 2.24) is 4.57 Å². The molecule has 0 spiro atoms. The minimum Gasteiger partial charge on any atom is -0.454 e. The summed E-state index contributed by atoms with van der Waals surface area (Å²) in [4.78, 5) is 16.7. The lowest BCUT2D eigenvalue weighted by molar-refractivity contribution is -0.115. The van der Waals surface area contributed by atoms with Crippen LogP contribution < -0.4 is 14.3 Å². The predicted octanol–water partition coefficient (Wildman–Crippen LogP) is 2.01. The fraction of sp³-hybridized carbons (Fsp3) is 0.222. The molecule has 0 aliphatic carbocycles. The van der Waals surface area contributed by atoms with Crippen molar-refractivity contribution in [3.05, 3.63) is 52.8 Å². The SMILES string of the molecule is Cn1c(=NC(=O)CS(=O)(=O)Cc2ccccc2)sc2cc3c(cc21)OCO3. The van der Waals surface area contributed by atoms with Gasteiger partial charge < -0.3 is 14.0 Å². The number of aryl methyl sites for hydroxylation is 1. The van der Waals surface area contributed by atoms with Crippen LogP contribution in [0.1, 0.15) is 5.56 Å². The van der Waals surface area contributed by atoms with E-state index in [1.54, 1.807) is 35.9 Å². The lowest BCUT2D eigenvalue weighted by Gasteiger charge is -2.02. The van der Waals surface area contributed by atoms with Crippen molar-refractivity contribution in [1.29, 1.82) is 0 Å². The Balaban J connectivity index is 1.59. The largest absolute Gasteiger partial charge is 0.454 e. The molecule has 27 heavy (non-hydrogen) atoms. The highest BCUT2D eigenvalue weighted by Crippen LogP contribution is 2.36. The van der Waals surface area contributed by atoms with Crippen LogP contribution in [0.4, 0.5) is 0 Å². The van der Waals surface area contributed by atoms with Crippen molar-refractivity contribution in [2.75, 3.05) is 12.5 Å². The lowest BCUT2D eigenvalue weighted by Crippen LogP contribution is -2.20. The summed E-state index contributed by atoms with van der Waals surface area (Å²) in [5.41, 5.74) is 1.48. The Morgan fingerprint density at radius 3 is 2.63 bits per heavy atom. The number of aromatic nitrogens is 1. The maximum absolute atomic E-state index is 12.3. The van der Waals surface area contributed by atoms with Crippen LogP contribution in [0.15, 0.2) is 47.5 Å². The number of thiazole rings is 1. The average Bonchev–Trinajstić information content (AvgIpc) is 3.17. The van der Waals surface area contributed by atoms with Gasteiger partial charge in [0.05, 0.1) is 16.0 Å². The van der Waals surface area contributed by atoms with Crippen LogP contribution in [0.3, 0.4) is 0 Å². The molecular formula is C18H16N2O5S2. The molecule has 2 heterocycles. The Morgan fingerprint density at radius 1 is 1.19 bits per heavy atom. The van der Waals surface area contributed by atoms with E-state index in [2.05, 4.69) is 4.99 Å². The van der Waals surface area contributed by atoms with Crippen molar-refractivity contribution in [2.45, 2.75) is 5.75 Å². The number of carbonyl (C=O) groups is 1. The molecule has 9 heteroatoms. The van der Waals surface area contributed by atoms with Gasteiger partial charge in [-0.3, -0.25) is 4.79 Å². The Morgan fingerprint density at radius 2 is 1.89 bits per heavy atom. The molecule has 0 bridgehead atoms. The number of amides is 1. The first-order valence-electron chi connectivity index (χ1n) is 8.12. The third kappa shape index (κ3) is 3.74. The molecule has 140 valence electrons. The summed E-state index contributed by atoms with van der Waals surface area (Å²) < 4.78 is 37.9. The Kier molecular flexibility index (Phi) is 4.48. The van der Waals surface area contributed by atoms with Gasteiger partial charge in [0, 0.05) is 19.2 Å². The second-order valence-corrected chi connectivity index (χ2v) is 9.21. The molecule has 0 fully saturated rings. The molecule has 0 unspecified atom stereocenters. The van der Waals surface area contributed by atoms with Crippen LogP contribution in [0.2, 0.25) is 0 Å². The van der Waals surface area contributed by atoms with E-state index in [4.69, 9.17) is 9.47 Å². The molecule has 4 rings (SSSR count). The third-order valence-corrected chi connectivity index (χ3v) is 6.65. The summed E-state index contributed by atoms with van der Waals surface area (Å²) in [5, 5.41) is 0. The van der Waals surface area contributed by atoms with Gasteiger partial charge in [-0.05, 0) is 5.56 Å². The van der Waals surface area contributed by atoms with Crippen molar-refractivity contribution in [2.24, 2.45) is 12.0 Å². The van der Waals surface area contributed by atoms with E-state index >= 15 is 0 Å². The molecule has 0 N–H and O–H groups in total. The number of hydrogen-bond donors (Lipinski definition) is 0. The normalized spacial score (nSPS) is 14.0. The molecule has 1 aliphatic heterocycles. The van der Waals surface area contributed by atoms with Gasteiger partial charge in [-0.25, -0.2) is 8.42 Å². The number of rotatable bonds is 4. The summed E-state index contributed by atoms with van der Waals surface area (Å²) in [5.74, 6) is -0.214. The van der Waals surface area contributed by atoms with Crippen LogP contribution in [0, 0.1) is 0 Å². The van der Waals surface area contributed by atoms with Gasteiger partial charge in [0.25, 0.3) is 5.91 Å². The Labute approximate surface area is 159 Å². The Hall–Kier alpha value is -2.65. The van der Waals surface area contributed by atoms with Crippen molar-refractivity contribution < 1.29 is 22.7 Å². The van der Waals surface area contributed by atoms with E-state index in [-0.39, 0.29) is 12.5 Å². The smallest absolute Gasteiger partial charge is 0.263 e. The van der Waals surface area contributed by atoms with Crippen molar-refractivity contribution in [3.63, 3.8) is 0 Å². The van der Waals surface area contributed by atoms with E-state index in [1.165, 1.54) is 11.3 Å². The minimum atomic E-state index is -3.59. The first-order valence-corrected chi connectivity index (χ1v) is 10.8. The van der Waals surface area contributed by atoms with E-state index in [0.717, 1.165) is 10.2 Å². The molecule has 7 nitrogen and oxygen atoms in total. The van der Waals surface area contributed by atoms with Gasteiger partial charge in [0.2, 0.25) is 6.79 Å². The highest BCUT2D eigenvalue weighted by Gasteiger charge is 2.19. The topological polar surface area (TPSA) is 87.0 Å². The number of ether oxygens (including phenoxy) is 2. The molecular weight excluding hydrogens is 388 g/mol. The standard InChI is InChI=1S/C18H16N2O5S2/c1-20-13-7-14-15(25-11-24-14)8-16(13)26-18(20)19-17(21)10-27(22,23)9-12-5-3-2-4-6-12/h2-8H,9-11H2,1H3. The predicted molar refractivity (Wildman–Crippen MR) is 101 cm³/mol. The van der Waals surface area contributed by atoms with E-state index in [0.29, 0.717) is 21.9 Å². The molecule has 1 aliphatic rings. The maximum atomic E-state index is 12.3. The zero-order valence-corrected chi connectivity index (χ0v) is 16.0. The maximum Gasteiger partial charge on any atom is 0.263 e. The molecule has 0 atom stereocenters. The molecule has 0 saturated carbocycles.